The number of hydrogen-bond donors (Lipinski definition) is 0. The number of fused-ring (bicyclic) bond motifs is 3. The van der Waals surface area contributed by atoms with Crippen molar-refractivity contribution in [1.29, 1.82) is 0 Å². The topological polar surface area (TPSA) is 26.3 Å². The average molecular weight is 232 g/mol. The van der Waals surface area contributed by atoms with Crippen LogP contribution in [0.2, 0.25) is 0 Å². The van der Waals surface area contributed by atoms with Gasteiger partial charge in [-0.15, -0.1) is 0 Å². The molecule has 4 atom stereocenters. The molecule has 2 saturated carbocycles. The first-order chi connectivity index (χ1) is 8.03. The summed E-state index contributed by atoms with van der Waals surface area (Å²) in [6.07, 6.45) is 5.82. The highest BCUT2D eigenvalue weighted by atomic mass is 16.6. The predicted octanol–water partition coefficient (Wildman–Crippen LogP) is 3.24. The highest BCUT2D eigenvalue weighted by molar-refractivity contribution is 5.91. The molecule has 3 rings (SSSR count). The summed E-state index contributed by atoms with van der Waals surface area (Å²) in [6.45, 7) is 10.5. The molecule has 0 unspecified atom stereocenters. The van der Waals surface area contributed by atoms with Gasteiger partial charge in [0.15, 0.2) is 0 Å². The molecular weight excluding hydrogens is 212 g/mol. The lowest BCUT2D eigenvalue weighted by molar-refractivity contribution is -0.145. The Morgan fingerprint density at radius 3 is 2.88 bits per heavy atom. The van der Waals surface area contributed by atoms with Crippen LogP contribution in [0.3, 0.4) is 0 Å². The molecule has 0 bridgehead atoms. The fourth-order valence-corrected chi connectivity index (χ4v) is 4.19. The first-order valence-electron chi connectivity index (χ1n) is 6.60. The Labute approximate surface area is 103 Å². The summed E-state index contributed by atoms with van der Waals surface area (Å²) in [7, 11) is 0. The van der Waals surface area contributed by atoms with Crippen molar-refractivity contribution < 1.29 is 9.53 Å². The zero-order valence-corrected chi connectivity index (χ0v) is 10.5. The monoisotopic (exact) mass is 232 g/mol. The third-order valence-electron chi connectivity index (χ3n) is 5.14. The van der Waals surface area contributed by atoms with Crippen molar-refractivity contribution >= 4 is 5.97 Å². The molecule has 0 amide bonds. The standard InChI is InChI=1S/C15H20O2/c1-9-5-4-7-15(3)8-6-11-10(2)14(16)17-13(11)12(9)15/h11-13H,1-2,4-8H2,3H3/t11-,12+,13+,15+/m0/s1. The average Bonchev–Trinajstić information content (AvgIpc) is 2.54. The molecule has 1 saturated heterocycles. The zero-order chi connectivity index (χ0) is 12.2. The summed E-state index contributed by atoms with van der Waals surface area (Å²) in [5.74, 6) is 0.427. The predicted molar refractivity (Wildman–Crippen MR) is 66.3 cm³/mol. The Hall–Kier alpha value is -1.05. The third kappa shape index (κ3) is 1.42. The van der Waals surface area contributed by atoms with Crippen LogP contribution in [-0.4, -0.2) is 12.1 Å². The molecule has 0 N–H and O–H groups in total. The minimum absolute atomic E-state index is 0.0292. The van der Waals surface area contributed by atoms with Crippen LogP contribution < -0.4 is 0 Å². The van der Waals surface area contributed by atoms with Crippen LogP contribution in [0.1, 0.15) is 39.0 Å². The minimum atomic E-state index is -0.178. The van der Waals surface area contributed by atoms with Crippen LogP contribution in [0.25, 0.3) is 0 Å². The second kappa shape index (κ2) is 3.47. The van der Waals surface area contributed by atoms with E-state index >= 15 is 0 Å². The van der Waals surface area contributed by atoms with Crippen molar-refractivity contribution in [3.63, 3.8) is 0 Å². The van der Waals surface area contributed by atoms with E-state index in [0.29, 0.717) is 16.9 Å². The lowest BCUT2D eigenvalue weighted by Gasteiger charge is -2.50. The molecule has 1 aliphatic heterocycles. The number of carbonyl (C=O) groups is 1. The van der Waals surface area contributed by atoms with Crippen molar-refractivity contribution in [1.82, 2.24) is 0 Å². The van der Waals surface area contributed by atoms with Gasteiger partial charge in [-0.1, -0.05) is 25.7 Å². The second-order valence-electron chi connectivity index (χ2n) is 6.18. The maximum absolute atomic E-state index is 11.7. The molecule has 3 fully saturated rings. The summed E-state index contributed by atoms with van der Waals surface area (Å²) >= 11 is 0. The molecule has 2 heteroatoms. The van der Waals surface area contributed by atoms with E-state index in [1.807, 2.05) is 0 Å². The first-order valence-corrected chi connectivity index (χ1v) is 6.60. The lowest BCUT2D eigenvalue weighted by Crippen LogP contribution is -2.46. The Bertz CT molecular complexity index is 409. The second-order valence-corrected chi connectivity index (χ2v) is 6.18. The van der Waals surface area contributed by atoms with Crippen LogP contribution in [0.4, 0.5) is 0 Å². The normalized spacial score (nSPS) is 45.2. The van der Waals surface area contributed by atoms with Gasteiger partial charge in [0.1, 0.15) is 6.10 Å². The van der Waals surface area contributed by atoms with Gasteiger partial charge < -0.3 is 4.74 Å². The summed E-state index contributed by atoms with van der Waals surface area (Å²) in [5, 5.41) is 0. The molecule has 0 spiro atoms. The Morgan fingerprint density at radius 2 is 2.12 bits per heavy atom. The number of carbonyl (C=O) groups excluding carboxylic acids is 1. The SMILES string of the molecule is C=C1CCC[C@]2(C)CC[C@H]3C(=C)C(=O)O[C@H]3[C@@H]12. The Balaban J connectivity index is 1.98. The largest absolute Gasteiger partial charge is 0.458 e. The lowest BCUT2D eigenvalue weighted by atomic mass is 9.55. The van der Waals surface area contributed by atoms with E-state index in [4.69, 9.17) is 4.74 Å². The van der Waals surface area contributed by atoms with Crippen LogP contribution in [0, 0.1) is 17.3 Å². The molecule has 1 heterocycles. The Kier molecular flexibility index (Phi) is 2.26. The van der Waals surface area contributed by atoms with E-state index in [1.165, 1.54) is 24.8 Å². The minimum Gasteiger partial charge on any atom is -0.458 e. The van der Waals surface area contributed by atoms with E-state index in [-0.39, 0.29) is 18.0 Å². The molecule has 2 nitrogen and oxygen atoms in total. The van der Waals surface area contributed by atoms with Crippen molar-refractivity contribution in [2.45, 2.75) is 45.1 Å². The van der Waals surface area contributed by atoms with Crippen molar-refractivity contribution in [2.75, 3.05) is 0 Å². The number of rotatable bonds is 0. The van der Waals surface area contributed by atoms with Gasteiger partial charge in [0.05, 0.1) is 0 Å². The van der Waals surface area contributed by atoms with E-state index in [1.54, 1.807) is 0 Å². The molecule has 0 radical (unpaired) electrons. The molecule has 17 heavy (non-hydrogen) atoms. The van der Waals surface area contributed by atoms with Gasteiger partial charge in [-0.2, -0.15) is 0 Å². The quantitative estimate of drug-likeness (QED) is 0.364. The fraction of sp³-hybridized carbons (Fsp3) is 0.667. The maximum atomic E-state index is 11.7. The van der Waals surface area contributed by atoms with Gasteiger partial charge >= 0.3 is 5.97 Å². The molecule has 2 aliphatic carbocycles. The smallest absolute Gasteiger partial charge is 0.334 e. The molecule has 0 aromatic heterocycles. The van der Waals surface area contributed by atoms with Gasteiger partial charge in [0.2, 0.25) is 0 Å². The third-order valence-corrected chi connectivity index (χ3v) is 5.14. The zero-order valence-electron chi connectivity index (χ0n) is 10.5. The molecule has 92 valence electrons. The Morgan fingerprint density at radius 1 is 1.35 bits per heavy atom. The van der Waals surface area contributed by atoms with Gasteiger partial charge in [-0.25, -0.2) is 4.79 Å². The van der Waals surface area contributed by atoms with E-state index in [0.717, 1.165) is 12.8 Å². The molecule has 0 aromatic rings. The van der Waals surface area contributed by atoms with E-state index < -0.39 is 0 Å². The maximum Gasteiger partial charge on any atom is 0.334 e. The van der Waals surface area contributed by atoms with Crippen molar-refractivity contribution in [2.24, 2.45) is 17.3 Å². The summed E-state index contributed by atoms with van der Waals surface area (Å²) < 4.78 is 5.58. The summed E-state index contributed by atoms with van der Waals surface area (Å²) in [5.41, 5.74) is 2.27. The first kappa shape index (κ1) is 11.1. The van der Waals surface area contributed by atoms with Crippen LogP contribution in [-0.2, 0) is 9.53 Å². The highest BCUT2D eigenvalue weighted by Gasteiger charge is 2.54. The molecule has 0 aromatic carbocycles. The van der Waals surface area contributed by atoms with Crippen molar-refractivity contribution in [3.05, 3.63) is 24.3 Å². The van der Waals surface area contributed by atoms with Gasteiger partial charge in [0, 0.05) is 17.4 Å². The van der Waals surface area contributed by atoms with E-state index in [9.17, 15) is 4.79 Å². The number of esters is 1. The van der Waals surface area contributed by atoms with E-state index in [2.05, 4.69) is 20.1 Å². The summed E-state index contributed by atoms with van der Waals surface area (Å²) in [4.78, 5) is 11.7. The number of ether oxygens (including phenoxy) is 1. The fourth-order valence-electron chi connectivity index (χ4n) is 4.19. The summed E-state index contributed by atoms with van der Waals surface area (Å²) in [6, 6.07) is 0. The van der Waals surface area contributed by atoms with Crippen molar-refractivity contribution in [3.8, 4) is 0 Å². The highest BCUT2D eigenvalue weighted by Crippen LogP contribution is 2.57. The molecule has 3 aliphatic rings. The van der Waals surface area contributed by atoms with Crippen LogP contribution in [0.5, 0.6) is 0 Å². The van der Waals surface area contributed by atoms with Gasteiger partial charge in [0.25, 0.3) is 0 Å². The van der Waals surface area contributed by atoms with Crippen LogP contribution in [0.15, 0.2) is 24.3 Å². The van der Waals surface area contributed by atoms with Crippen LogP contribution >= 0.6 is 0 Å². The van der Waals surface area contributed by atoms with Gasteiger partial charge in [-0.05, 0) is 37.5 Å². The molecular formula is C15H20O2. The van der Waals surface area contributed by atoms with Gasteiger partial charge in [-0.3, -0.25) is 0 Å². The number of hydrogen-bond acceptors (Lipinski definition) is 2.